The van der Waals surface area contributed by atoms with E-state index in [4.69, 9.17) is 0 Å². The van der Waals surface area contributed by atoms with E-state index in [-0.39, 0.29) is 5.56 Å². The molecular formula is C17H15F3. The van der Waals surface area contributed by atoms with Crippen LogP contribution in [0.5, 0.6) is 0 Å². The fraction of sp³-hybridized carbons (Fsp3) is 0.176. The standard InChI is InChI=1S/C17H15F3/c1-13-5-7-14(8-6-13)9-10-15-3-2-4-16(11-15)12-17(18,19)20/h2-11H,12H2,1H3/b10-9+. The second kappa shape index (κ2) is 5.95. The quantitative estimate of drug-likeness (QED) is 0.670. The van der Waals surface area contributed by atoms with Crippen molar-refractivity contribution in [3.05, 3.63) is 70.8 Å². The smallest absolute Gasteiger partial charge is 0.171 e. The Bertz CT molecular complexity index is 592. The first-order chi connectivity index (χ1) is 9.42. The van der Waals surface area contributed by atoms with Crippen molar-refractivity contribution in [2.45, 2.75) is 19.5 Å². The molecule has 0 bridgehead atoms. The Labute approximate surface area is 116 Å². The number of aryl methyl sites for hydroxylation is 1. The molecule has 0 amide bonds. The van der Waals surface area contributed by atoms with Gasteiger partial charge >= 0.3 is 6.18 Å². The van der Waals surface area contributed by atoms with Gasteiger partial charge in [-0.05, 0) is 23.6 Å². The molecule has 20 heavy (non-hydrogen) atoms. The van der Waals surface area contributed by atoms with Gasteiger partial charge in [-0.3, -0.25) is 0 Å². The number of rotatable bonds is 3. The summed E-state index contributed by atoms with van der Waals surface area (Å²) in [5.74, 6) is 0. The zero-order valence-corrected chi connectivity index (χ0v) is 11.1. The third-order valence-electron chi connectivity index (χ3n) is 2.90. The summed E-state index contributed by atoms with van der Waals surface area (Å²) >= 11 is 0. The minimum absolute atomic E-state index is 0.281. The zero-order chi connectivity index (χ0) is 14.6. The fourth-order valence-corrected chi connectivity index (χ4v) is 1.91. The molecule has 0 radical (unpaired) electrons. The van der Waals surface area contributed by atoms with Crippen LogP contribution in [-0.2, 0) is 6.42 Å². The van der Waals surface area contributed by atoms with Gasteiger partial charge in [0.05, 0.1) is 6.42 Å². The van der Waals surface area contributed by atoms with E-state index in [1.54, 1.807) is 18.2 Å². The average Bonchev–Trinajstić information content (AvgIpc) is 2.36. The first-order valence-electron chi connectivity index (χ1n) is 6.33. The van der Waals surface area contributed by atoms with Gasteiger partial charge in [0, 0.05) is 0 Å². The largest absolute Gasteiger partial charge is 0.393 e. The number of halogens is 3. The molecule has 0 atom stereocenters. The van der Waals surface area contributed by atoms with Crippen molar-refractivity contribution in [3.63, 3.8) is 0 Å². The molecule has 104 valence electrons. The maximum Gasteiger partial charge on any atom is 0.393 e. The van der Waals surface area contributed by atoms with Crippen molar-refractivity contribution >= 4 is 12.2 Å². The summed E-state index contributed by atoms with van der Waals surface area (Å²) in [6.45, 7) is 2.01. The van der Waals surface area contributed by atoms with Gasteiger partial charge in [-0.1, -0.05) is 66.2 Å². The van der Waals surface area contributed by atoms with Gasteiger partial charge in [0.2, 0.25) is 0 Å². The maximum absolute atomic E-state index is 12.3. The van der Waals surface area contributed by atoms with Gasteiger partial charge in [-0.15, -0.1) is 0 Å². The fourth-order valence-electron chi connectivity index (χ4n) is 1.91. The highest BCUT2D eigenvalue weighted by atomic mass is 19.4. The van der Waals surface area contributed by atoms with Crippen LogP contribution in [0.15, 0.2) is 48.5 Å². The molecule has 0 N–H and O–H groups in total. The van der Waals surface area contributed by atoms with E-state index < -0.39 is 12.6 Å². The van der Waals surface area contributed by atoms with Crippen LogP contribution in [0, 0.1) is 6.92 Å². The van der Waals surface area contributed by atoms with Crippen molar-refractivity contribution in [2.24, 2.45) is 0 Å². The maximum atomic E-state index is 12.3. The molecule has 0 aromatic heterocycles. The number of benzene rings is 2. The summed E-state index contributed by atoms with van der Waals surface area (Å²) in [6, 6.07) is 14.5. The summed E-state index contributed by atoms with van der Waals surface area (Å²) < 4.78 is 37.0. The van der Waals surface area contributed by atoms with Gasteiger partial charge < -0.3 is 0 Å². The SMILES string of the molecule is Cc1ccc(/C=C/c2cccc(CC(F)(F)F)c2)cc1. The van der Waals surface area contributed by atoms with Crippen molar-refractivity contribution in [1.29, 1.82) is 0 Å². The monoisotopic (exact) mass is 276 g/mol. The first kappa shape index (κ1) is 14.4. The van der Waals surface area contributed by atoms with E-state index in [1.807, 2.05) is 43.3 Å². The van der Waals surface area contributed by atoms with Crippen LogP contribution in [0.1, 0.15) is 22.3 Å². The molecule has 0 aliphatic rings. The Morgan fingerprint density at radius 3 is 2.20 bits per heavy atom. The van der Waals surface area contributed by atoms with Crippen LogP contribution in [0.3, 0.4) is 0 Å². The lowest BCUT2D eigenvalue weighted by Crippen LogP contribution is -2.11. The Kier molecular flexibility index (Phi) is 4.28. The Morgan fingerprint density at radius 1 is 0.900 bits per heavy atom. The molecule has 0 heterocycles. The molecular weight excluding hydrogens is 261 g/mol. The lowest BCUT2D eigenvalue weighted by atomic mass is 10.1. The second-order valence-electron chi connectivity index (χ2n) is 4.78. The molecule has 0 spiro atoms. The van der Waals surface area contributed by atoms with E-state index in [0.29, 0.717) is 0 Å². The molecule has 0 saturated carbocycles. The normalized spacial score (nSPS) is 12.0. The summed E-state index contributed by atoms with van der Waals surface area (Å²) in [6.07, 6.45) is -1.34. The minimum atomic E-state index is -4.17. The van der Waals surface area contributed by atoms with Gasteiger partial charge in [-0.2, -0.15) is 13.2 Å². The average molecular weight is 276 g/mol. The molecule has 2 rings (SSSR count). The topological polar surface area (TPSA) is 0 Å². The molecule has 0 nitrogen and oxygen atoms in total. The Hall–Kier alpha value is -2.03. The van der Waals surface area contributed by atoms with Crippen LogP contribution in [-0.4, -0.2) is 6.18 Å². The van der Waals surface area contributed by atoms with Crippen LogP contribution in [0.2, 0.25) is 0 Å². The summed E-state index contributed by atoms with van der Waals surface area (Å²) in [4.78, 5) is 0. The lowest BCUT2D eigenvalue weighted by Gasteiger charge is -2.06. The molecule has 0 aliphatic heterocycles. The van der Waals surface area contributed by atoms with E-state index in [0.717, 1.165) is 11.1 Å². The number of hydrogen-bond acceptors (Lipinski definition) is 0. The van der Waals surface area contributed by atoms with Crippen LogP contribution in [0.4, 0.5) is 13.2 Å². The van der Waals surface area contributed by atoms with Gasteiger partial charge in [-0.25, -0.2) is 0 Å². The van der Waals surface area contributed by atoms with Gasteiger partial charge in [0.15, 0.2) is 0 Å². The predicted molar refractivity (Wildman–Crippen MR) is 76.3 cm³/mol. The molecule has 0 aliphatic carbocycles. The highest BCUT2D eigenvalue weighted by molar-refractivity contribution is 5.69. The second-order valence-corrected chi connectivity index (χ2v) is 4.78. The summed E-state index contributed by atoms with van der Waals surface area (Å²) in [5, 5.41) is 0. The van der Waals surface area contributed by atoms with Gasteiger partial charge in [0.1, 0.15) is 0 Å². The lowest BCUT2D eigenvalue weighted by molar-refractivity contribution is -0.127. The first-order valence-corrected chi connectivity index (χ1v) is 6.33. The molecule has 2 aromatic carbocycles. The zero-order valence-electron chi connectivity index (χ0n) is 11.1. The van der Waals surface area contributed by atoms with E-state index in [9.17, 15) is 13.2 Å². The van der Waals surface area contributed by atoms with Gasteiger partial charge in [0.25, 0.3) is 0 Å². The van der Waals surface area contributed by atoms with Crippen LogP contribution >= 0.6 is 0 Å². The van der Waals surface area contributed by atoms with Crippen molar-refractivity contribution < 1.29 is 13.2 Å². The van der Waals surface area contributed by atoms with Crippen LogP contribution < -0.4 is 0 Å². The van der Waals surface area contributed by atoms with E-state index >= 15 is 0 Å². The molecule has 3 heteroatoms. The highest BCUT2D eigenvalue weighted by Gasteiger charge is 2.27. The third-order valence-corrected chi connectivity index (χ3v) is 2.90. The third kappa shape index (κ3) is 4.57. The minimum Gasteiger partial charge on any atom is -0.171 e. The van der Waals surface area contributed by atoms with Crippen molar-refractivity contribution in [1.82, 2.24) is 0 Å². The number of alkyl halides is 3. The van der Waals surface area contributed by atoms with Crippen molar-refractivity contribution in [3.8, 4) is 0 Å². The molecule has 0 saturated heterocycles. The van der Waals surface area contributed by atoms with Crippen LogP contribution in [0.25, 0.3) is 12.2 Å². The number of hydrogen-bond donors (Lipinski definition) is 0. The Balaban J connectivity index is 2.13. The summed E-state index contributed by atoms with van der Waals surface area (Å²) in [5.41, 5.74) is 3.25. The van der Waals surface area contributed by atoms with E-state index in [1.165, 1.54) is 11.6 Å². The molecule has 2 aromatic rings. The molecule has 0 unspecified atom stereocenters. The molecule has 0 fully saturated rings. The predicted octanol–water partition coefficient (Wildman–Crippen LogP) is 5.27. The Morgan fingerprint density at radius 2 is 1.55 bits per heavy atom. The van der Waals surface area contributed by atoms with E-state index in [2.05, 4.69) is 0 Å². The summed E-state index contributed by atoms with van der Waals surface area (Å²) in [7, 11) is 0. The van der Waals surface area contributed by atoms with Crippen molar-refractivity contribution in [2.75, 3.05) is 0 Å². The highest BCUT2D eigenvalue weighted by Crippen LogP contribution is 2.22.